The number of benzene rings is 3. The molecule has 5 nitrogen and oxygen atoms in total. The predicted octanol–water partition coefficient (Wildman–Crippen LogP) is 6.21. The Morgan fingerprint density at radius 2 is 1.81 bits per heavy atom. The highest BCUT2D eigenvalue weighted by Crippen LogP contribution is 2.51. The summed E-state index contributed by atoms with van der Waals surface area (Å²) in [5, 5.41) is 8.73. The van der Waals surface area contributed by atoms with Gasteiger partial charge >= 0.3 is 0 Å². The normalized spacial score (nSPS) is 18.8. The average Bonchev–Trinajstić information content (AvgIpc) is 3.31. The highest BCUT2D eigenvalue weighted by Gasteiger charge is 2.40. The number of thioether (sulfide) groups is 1. The van der Waals surface area contributed by atoms with E-state index in [9.17, 15) is 0 Å². The molecule has 0 saturated carbocycles. The van der Waals surface area contributed by atoms with Crippen molar-refractivity contribution in [2.24, 2.45) is 0 Å². The maximum absolute atomic E-state index is 6.63. The molecule has 4 aromatic rings. The van der Waals surface area contributed by atoms with Crippen LogP contribution in [-0.4, -0.2) is 21.0 Å². The molecule has 3 heterocycles. The standard InChI is InChI=1S/C25H19ClN4OS/c1-32-18-10-7-16(8-11-18)24-21-22(19-13-17(26)9-12-20(19)31-24)29-25-27-14-28-30(25)23(21)15-5-3-2-4-6-15/h2-14,23-24H,1H3,(H,27,28,29)/t23-,24+/m1/s1. The predicted molar refractivity (Wildman–Crippen MR) is 128 cm³/mol. The first-order chi connectivity index (χ1) is 15.7. The fourth-order valence-electron chi connectivity index (χ4n) is 4.45. The summed E-state index contributed by atoms with van der Waals surface area (Å²) < 4.78 is 8.56. The molecule has 6 rings (SSSR count). The van der Waals surface area contributed by atoms with Crippen LogP contribution in [0.25, 0.3) is 5.70 Å². The number of anilines is 1. The van der Waals surface area contributed by atoms with Gasteiger partial charge in [-0.05, 0) is 47.7 Å². The first-order valence-corrected chi connectivity index (χ1v) is 11.9. The summed E-state index contributed by atoms with van der Waals surface area (Å²) in [4.78, 5) is 5.68. The van der Waals surface area contributed by atoms with Crippen LogP contribution in [0.15, 0.2) is 89.6 Å². The zero-order valence-electron chi connectivity index (χ0n) is 17.2. The zero-order valence-corrected chi connectivity index (χ0v) is 18.8. The fraction of sp³-hybridized carbons (Fsp3) is 0.120. The van der Waals surface area contributed by atoms with Crippen LogP contribution in [0.5, 0.6) is 5.75 Å². The van der Waals surface area contributed by atoms with Gasteiger partial charge in [0.25, 0.3) is 0 Å². The zero-order chi connectivity index (χ0) is 21.7. The maximum Gasteiger partial charge on any atom is 0.226 e. The van der Waals surface area contributed by atoms with E-state index in [1.807, 2.05) is 41.1 Å². The monoisotopic (exact) mass is 458 g/mol. The molecule has 1 N–H and O–H groups in total. The van der Waals surface area contributed by atoms with Crippen LogP contribution in [-0.2, 0) is 0 Å². The lowest BCUT2D eigenvalue weighted by Crippen LogP contribution is -2.32. The van der Waals surface area contributed by atoms with Crippen LogP contribution in [0.2, 0.25) is 5.02 Å². The van der Waals surface area contributed by atoms with Crippen LogP contribution in [0.3, 0.4) is 0 Å². The maximum atomic E-state index is 6.63. The van der Waals surface area contributed by atoms with Crippen molar-refractivity contribution in [1.29, 1.82) is 0 Å². The molecule has 3 aromatic carbocycles. The molecule has 7 heteroatoms. The van der Waals surface area contributed by atoms with E-state index in [4.69, 9.17) is 16.3 Å². The number of hydrogen-bond acceptors (Lipinski definition) is 5. The molecular formula is C25H19ClN4OS. The highest BCUT2D eigenvalue weighted by atomic mass is 35.5. The van der Waals surface area contributed by atoms with Gasteiger partial charge in [0.15, 0.2) is 0 Å². The van der Waals surface area contributed by atoms with E-state index in [2.05, 4.69) is 58.1 Å². The Balaban J connectivity index is 1.61. The van der Waals surface area contributed by atoms with Crippen molar-refractivity contribution in [2.45, 2.75) is 17.0 Å². The molecule has 0 bridgehead atoms. The largest absolute Gasteiger partial charge is 0.480 e. The van der Waals surface area contributed by atoms with E-state index in [1.54, 1.807) is 18.1 Å². The second kappa shape index (κ2) is 7.73. The summed E-state index contributed by atoms with van der Waals surface area (Å²) in [6, 6.07) is 24.5. The average molecular weight is 459 g/mol. The van der Waals surface area contributed by atoms with Gasteiger partial charge < -0.3 is 10.1 Å². The Bertz CT molecular complexity index is 1330. The quantitative estimate of drug-likeness (QED) is 0.370. The number of aromatic nitrogens is 3. The number of hydrogen-bond donors (Lipinski definition) is 1. The molecule has 0 amide bonds. The van der Waals surface area contributed by atoms with Crippen molar-refractivity contribution in [2.75, 3.05) is 11.6 Å². The molecule has 32 heavy (non-hydrogen) atoms. The topological polar surface area (TPSA) is 52.0 Å². The molecule has 2 aliphatic rings. The third kappa shape index (κ3) is 3.10. The number of nitrogens with one attached hydrogen (secondary N) is 1. The molecule has 2 aliphatic heterocycles. The lowest BCUT2D eigenvalue weighted by Gasteiger charge is -2.39. The van der Waals surface area contributed by atoms with Gasteiger partial charge in [-0.25, -0.2) is 4.68 Å². The van der Waals surface area contributed by atoms with Gasteiger partial charge in [0.2, 0.25) is 5.95 Å². The molecule has 0 spiro atoms. The van der Waals surface area contributed by atoms with E-state index in [-0.39, 0.29) is 12.1 Å². The van der Waals surface area contributed by atoms with Gasteiger partial charge in [-0.1, -0.05) is 54.1 Å². The molecule has 158 valence electrons. The minimum atomic E-state index is -0.287. The summed E-state index contributed by atoms with van der Waals surface area (Å²) in [7, 11) is 0. The summed E-state index contributed by atoms with van der Waals surface area (Å²) in [6.07, 6.45) is 3.37. The minimum absolute atomic E-state index is 0.165. The van der Waals surface area contributed by atoms with Crippen LogP contribution in [0.1, 0.15) is 28.8 Å². The summed E-state index contributed by atoms with van der Waals surface area (Å²) >= 11 is 8.11. The number of halogens is 1. The van der Waals surface area contributed by atoms with Crippen LogP contribution < -0.4 is 10.1 Å². The summed E-state index contributed by atoms with van der Waals surface area (Å²) in [5.41, 5.74) is 5.19. The molecule has 0 fully saturated rings. The van der Waals surface area contributed by atoms with Crippen molar-refractivity contribution in [3.8, 4) is 5.75 Å². The van der Waals surface area contributed by atoms with Gasteiger partial charge in [0, 0.05) is 21.1 Å². The molecule has 0 aliphatic carbocycles. The molecule has 1 aromatic heterocycles. The number of rotatable bonds is 3. The van der Waals surface area contributed by atoms with E-state index in [1.165, 1.54) is 4.90 Å². The second-order valence-corrected chi connectivity index (χ2v) is 9.02. The molecule has 0 radical (unpaired) electrons. The Labute approximate surface area is 195 Å². The molecular weight excluding hydrogens is 440 g/mol. The van der Waals surface area contributed by atoms with Crippen molar-refractivity contribution >= 4 is 35.0 Å². The summed E-state index contributed by atoms with van der Waals surface area (Å²) in [5.74, 6) is 1.49. The van der Waals surface area contributed by atoms with Gasteiger partial charge in [0.05, 0.1) is 5.70 Å². The third-order valence-corrected chi connectivity index (χ3v) is 6.89. The van der Waals surface area contributed by atoms with E-state index in [0.29, 0.717) is 11.0 Å². The van der Waals surface area contributed by atoms with Crippen LogP contribution >= 0.6 is 23.4 Å². The van der Waals surface area contributed by atoms with Crippen molar-refractivity contribution < 1.29 is 4.74 Å². The number of nitrogens with zero attached hydrogens (tertiary/aromatic N) is 3. The lowest BCUT2D eigenvalue weighted by molar-refractivity contribution is 0.223. The fourth-order valence-corrected chi connectivity index (χ4v) is 5.03. The molecule has 0 unspecified atom stereocenters. The van der Waals surface area contributed by atoms with Gasteiger partial charge in [0.1, 0.15) is 24.2 Å². The van der Waals surface area contributed by atoms with Gasteiger partial charge in [-0.2, -0.15) is 10.1 Å². The Morgan fingerprint density at radius 1 is 1.00 bits per heavy atom. The Morgan fingerprint density at radius 3 is 2.59 bits per heavy atom. The van der Waals surface area contributed by atoms with E-state index >= 15 is 0 Å². The highest BCUT2D eigenvalue weighted by molar-refractivity contribution is 7.98. The van der Waals surface area contributed by atoms with Crippen molar-refractivity contribution in [3.63, 3.8) is 0 Å². The third-order valence-electron chi connectivity index (χ3n) is 5.91. The Kier molecular flexibility index (Phi) is 4.70. The number of fused-ring (bicyclic) bond motifs is 3. The number of ether oxygens (including phenoxy) is 1. The van der Waals surface area contributed by atoms with E-state index in [0.717, 1.165) is 33.7 Å². The minimum Gasteiger partial charge on any atom is -0.480 e. The van der Waals surface area contributed by atoms with E-state index < -0.39 is 0 Å². The van der Waals surface area contributed by atoms with Crippen LogP contribution in [0, 0.1) is 0 Å². The van der Waals surface area contributed by atoms with Crippen molar-refractivity contribution in [1.82, 2.24) is 14.8 Å². The lowest BCUT2D eigenvalue weighted by atomic mass is 9.84. The van der Waals surface area contributed by atoms with Gasteiger partial charge in [-0.3, -0.25) is 0 Å². The first kappa shape index (κ1) is 19.5. The molecule has 0 saturated heterocycles. The summed E-state index contributed by atoms with van der Waals surface area (Å²) in [6.45, 7) is 0. The smallest absolute Gasteiger partial charge is 0.226 e. The molecule has 2 atom stereocenters. The van der Waals surface area contributed by atoms with Crippen molar-refractivity contribution in [3.05, 3.63) is 106 Å². The second-order valence-electron chi connectivity index (χ2n) is 7.71. The first-order valence-electron chi connectivity index (χ1n) is 10.3. The SMILES string of the molecule is CSc1ccc([C@@H]2Oc3ccc(Cl)cc3C3=C2[C@@H](c2ccccc2)n2ncnc2N3)cc1. The Hall–Kier alpha value is -3.22. The van der Waals surface area contributed by atoms with Gasteiger partial charge in [-0.15, -0.1) is 11.8 Å². The van der Waals surface area contributed by atoms with Crippen LogP contribution in [0.4, 0.5) is 5.95 Å².